The van der Waals surface area contributed by atoms with Crippen LogP contribution in [0.3, 0.4) is 0 Å². The van der Waals surface area contributed by atoms with Crippen LogP contribution >= 0.6 is 11.6 Å². The van der Waals surface area contributed by atoms with Gasteiger partial charge in [-0.05, 0) is 42.4 Å². The van der Waals surface area contributed by atoms with E-state index >= 15 is 0 Å². The molecule has 2 heteroatoms. The molecule has 3 atom stereocenters. The number of para-hydroxylation sites is 1. The second-order valence-corrected chi connectivity index (χ2v) is 5.58. The topological polar surface area (TPSA) is 12.9 Å². The highest BCUT2D eigenvalue weighted by Crippen LogP contribution is 2.42. The SMILES string of the molecule is CC1C(Cl)CCC1c1cnc2ccccc2c1. The third-order valence-electron chi connectivity index (χ3n) is 4.00. The number of benzene rings is 1. The molecular formula is C15H16ClN. The molecule has 1 aromatic carbocycles. The maximum atomic E-state index is 6.31. The molecule has 1 saturated carbocycles. The summed E-state index contributed by atoms with van der Waals surface area (Å²) in [6.07, 6.45) is 4.34. The highest BCUT2D eigenvalue weighted by Gasteiger charge is 2.32. The van der Waals surface area contributed by atoms with Gasteiger partial charge in [0.1, 0.15) is 0 Å². The summed E-state index contributed by atoms with van der Waals surface area (Å²) in [4.78, 5) is 4.54. The Bertz CT molecular complexity index is 537. The van der Waals surface area contributed by atoms with Gasteiger partial charge in [0, 0.05) is 17.0 Å². The number of hydrogen-bond acceptors (Lipinski definition) is 1. The van der Waals surface area contributed by atoms with Crippen LogP contribution in [-0.4, -0.2) is 10.4 Å². The molecule has 1 aromatic heterocycles. The molecule has 1 fully saturated rings. The molecule has 2 aromatic rings. The van der Waals surface area contributed by atoms with Crippen LogP contribution in [-0.2, 0) is 0 Å². The number of rotatable bonds is 1. The van der Waals surface area contributed by atoms with E-state index in [2.05, 4.69) is 36.2 Å². The van der Waals surface area contributed by atoms with Gasteiger partial charge in [0.05, 0.1) is 5.52 Å². The van der Waals surface area contributed by atoms with Crippen LogP contribution in [0.15, 0.2) is 36.5 Å². The average Bonchev–Trinajstić information content (AvgIpc) is 2.70. The predicted octanol–water partition coefficient (Wildman–Crippen LogP) is 4.36. The smallest absolute Gasteiger partial charge is 0.0702 e. The zero-order chi connectivity index (χ0) is 11.8. The molecule has 1 aliphatic rings. The molecule has 0 spiro atoms. The number of alkyl halides is 1. The van der Waals surface area contributed by atoms with Crippen molar-refractivity contribution in [2.45, 2.75) is 31.1 Å². The van der Waals surface area contributed by atoms with Crippen molar-refractivity contribution in [3.05, 3.63) is 42.1 Å². The van der Waals surface area contributed by atoms with Gasteiger partial charge in [-0.2, -0.15) is 0 Å². The Morgan fingerprint density at radius 2 is 2.06 bits per heavy atom. The van der Waals surface area contributed by atoms with E-state index in [4.69, 9.17) is 11.6 Å². The maximum Gasteiger partial charge on any atom is 0.0702 e. The van der Waals surface area contributed by atoms with E-state index in [0.717, 1.165) is 11.9 Å². The normalized spacial score (nSPS) is 28.7. The number of fused-ring (bicyclic) bond motifs is 1. The summed E-state index contributed by atoms with van der Waals surface area (Å²) in [5.74, 6) is 1.13. The van der Waals surface area contributed by atoms with Gasteiger partial charge >= 0.3 is 0 Å². The van der Waals surface area contributed by atoms with Gasteiger partial charge < -0.3 is 0 Å². The molecule has 1 nitrogen and oxygen atoms in total. The molecular weight excluding hydrogens is 230 g/mol. The summed E-state index contributed by atoms with van der Waals surface area (Å²) in [5, 5.41) is 1.56. The minimum absolute atomic E-state index is 0.325. The number of halogens is 1. The lowest BCUT2D eigenvalue weighted by atomic mass is 9.90. The zero-order valence-corrected chi connectivity index (χ0v) is 10.7. The van der Waals surface area contributed by atoms with Crippen molar-refractivity contribution in [1.29, 1.82) is 0 Å². The van der Waals surface area contributed by atoms with Gasteiger partial charge in [-0.15, -0.1) is 11.6 Å². The van der Waals surface area contributed by atoms with Gasteiger partial charge in [-0.3, -0.25) is 4.98 Å². The molecule has 0 bridgehead atoms. The Balaban J connectivity index is 2.01. The fraction of sp³-hybridized carbons (Fsp3) is 0.400. The van der Waals surface area contributed by atoms with E-state index in [-0.39, 0.29) is 0 Å². The third kappa shape index (κ3) is 1.93. The van der Waals surface area contributed by atoms with Crippen molar-refractivity contribution in [2.75, 3.05) is 0 Å². The second kappa shape index (κ2) is 4.30. The van der Waals surface area contributed by atoms with Crippen molar-refractivity contribution >= 4 is 22.5 Å². The Labute approximate surface area is 107 Å². The van der Waals surface area contributed by atoms with Crippen LogP contribution in [0.25, 0.3) is 10.9 Å². The summed E-state index contributed by atoms with van der Waals surface area (Å²) >= 11 is 6.31. The maximum absolute atomic E-state index is 6.31. The summed E-state index contributed by atoms with van der Waals surface area (Å²) < 4.78 is 0. The van der Waals surface area contributed by atoms with Crippen molar-refractivity contribution < 1.29 is 0 Å². The monoisotopic (exact) mass is 245 g/mol. The van der Waals surface area contributed by atoms with Crippen LogP contribution in [0, 0.1) is 5.92 Å². The summed E-state index contributed by atoms with van der Waals surface area (Å²) in [5.41, 5.74) is 2.42. The van der Waals surface area contributed by atoms with E-state index in [0.29, 0.717) is 17.2 Å². The molecule has 0 radical (unpaired) electrons. The van der Waals surface area contributed by atoms with E-state index in [1.165, 1.54) is 17.4 Å². The lowest BCUT2D eigenvalue weighted by Gasteiger charge is -2.17. The van der Waals surface area contributed by atoms with Crippen LogP contribution in [0.2, 0.25) is 0 Å². The average molecular weight is 246 g/mol. The lowest BCUT2D eigenvalue weighted by Crippen LogP contribution is -2.09. The van der Waals surface area contributed by atoms with E-state index in [1.54, 1.807) is 0 Å². The van der Waals surface area contributed by atoms with Gasteiger partial charge in [0.25, 0.3) is 0 Å². The Kier molecular flexibility index (Phi) is 2.79. The fourth-order valence-corrected chi connectivity index (χ4v) is 3.18. The summed E-state index contributed by atoms with van der Waals surface area (Å²) in [6, 6.07) is 10.6. The van der Waals surface area contributed by atoms with Gasteiger partial charge in [0.2, 0.25) is 0 Å². The van der Waals surface area contributed by atoms with E-state index < -0.39 is 0 Å². The van der Waals surface area contributed by atoms with Crippen LogP contribution < -0.4 is 0 Å². The molecule has 1 heterocycles. The largest absolute Gasteiger partial charge is 0.256 e. The summed E-state index contributed by atoms with van der Waals surface area (Å²) in [7, 11) is 0. The molecule has 0 aliphatic heterocycles. The first-order chi connectivity index (χ1) is 8.25. The first kappa shape index (κ1) is 11.0. The molecule has 0 amide bonds. The van der Waals surface area contributed by atoms with Crippen molar-refractivity contribution in [3.63, 3.8) is 0 Å². The molecule has 1 aliphatic carbocycles. The molecule has 17 heavy (non-hydrogen) atoms. The Morgan fingerprint density at radius 3 is 2.82 bits per heavy atom. The quantitative estimate of drug-likeness (QED) is 0.681. The van der Waals surface area contributed by atoms with Crippen LogP contribution in [0.4, 0.5) is 0 Å². The molecule has 0 N–H and O–H groups in total. The molecule has 88 valence electrons. The van der Waals surface area contributed by atoms with Gasteiger partial charge in [0.15, 0.2) is 0 Å². The van der Waals surface area contributed by atoms with Crippen molar-refractivity contribution in [2.24, 2.45) is 5.92 Å². The number of pyridine rings is 1. The molecule has 0 saturated heterocycles. The highest BCUT2D eigenvalue weighted by atomic mass is 35.5. The first-order valence-electron chi connectivity index (χ1n) is 6.24. The van der Waals surface area contributed by atoms with Gasteiger partial charge in [-0.1, -0.05) is 25.1 Å². The third-order valence-corrected chi connectivity index (χ3v) is 4.61. The predicted molar refractivity (Wildman–Crippen MR) is 72.5 cm³/mol. The summed E-state index contributed by atoms with van der Waals surface area (Å²) in [6.45, 7) is 2.25. The van der Waals surface area contributed by atoms with E-state index in [1.807, 2.05) is 12.3 Å². The molecule has 3 unspecified atom stereocenters. The molecule has 3 rings (SSSR count). The standard InChI is InChI=1S/C15H16ClN/c1-10-13(6-7-14(10)16)12-8-11-4-2-3-5-15(11)17-9-12/h2-5,8-10,13-14H,6-7H2,1H3. The minimum Gasteiger partial charge on any atom is -0.256 e. The van der Waals surface area contributed by atoms with Crippen LogP contribution in [0.5, 0.6) is 0 Å². The first-order valence-corrected chi connectivity index (χ1v) is 6.68. The van der Waals surface area contributed by atoms with E-state index in [9.17, 15) is 0 Å². The second-order valence-electron chi connectivity index (χ2n) is 5.02. The lowest BCUT2D eigenvalue weighted by molar-refractivity contribution is 0.537. The van der Waals surface area contributed by atoms with Crippen molar-refractivity contribution in [1.82, 2.24) is 4.98 Å². The number of nitrogens with zero attached hydrogens (tertiary/aromatic N) is 1. The number of hydrogen-bond donors (Lipinski definition) is 0. The Morgan fingerprint density at radius 1 is 1.24 bits per heavy atom. The fourth-order valence-electron chi connectivity index (χ4n) is 2.88. The van der Waals surface area contributed by atoms with Crippen molar-refractivity contribution in [3.8, 4) is 0 Å². The Hall–Kier alpha value is -1.08. The minimum atomic E-state index is 0.325. The van der Waals surface area contributed by atoms with Crippen LogP contribution in [0.1, 0.15) is 31.2 Å². The van der Waals surface area contributed by atoms with Gasteiger partial charge in [-0.25, -0.2) is 0 Å². The zero-order valence-electron chi connectivity index (χ0n) is 9.94. The highest BCUT2D eigenvalue weighted by molar-refractivity contribution is 6.21. The number of aromatic nitrogens is 1.